The summed E-state index contributed by atoms with van der Waals surface area (Å²) in [6.07, 6.45) is 7.55. The monoisotopic (exact) mass is 361 g/mol. The Bertz CT molecular complexity index is 794. The zero-order valence-corrected chi connectivity index (χ0v) is 15.6. The van der Waals surface area contributed by atoms with Gasteiger partial charge in [-0.3, -0.25) is 9.48 Å². The zero-order valence-electron chi connectivity index (χ0n) is 14.8. The Morgan fingerprint density at radius 2 is 2.16 bits per heavy atom. The molecule has 134 valence electrons. The van der Waals surface area contributed by atoms with E-state index in [0.717, 1.165) is 36.8 Å². The van der Waals surface area contributed by atoms with Gasteiger partial charge >= 0.3 is 5.97 Å². The summed E-state index contributed by atoms with van der Waals surface area (Å²) in [5.41, 5.74) is 2.59. The highest BCUT2D eigenvalue weighted by Crippen LogP contribution is 2.38. The van der Waals surface area contributed by atoms with Crippen molar-refractivity contribution in [2.75, 3.05) is 11.9 Å². The van der Waals surface area contributed by atoms with Crippen LogP contribution in [0.4, 0.5) is 5.00 Å². The third-order valence-corrected chi connectivity index (χ3v) is 5.60. The third kappa shape index (κ3) is 3.61. The average molecular weight is 361 g/mol. The van der Waals surface area contributed by atoms with Gasteiger partial charge in [-0.1, -0.05) is 0 Å². The first kappa shape index (κ1) is 17.7. The standard InChI is InChI=1S/C18H23N3O3S/c1-4-24-18(23)15-13-7-5-6-8-14(13)25-17(15)20-16(22)12(3)21-10-11(2)9-19-21/h9-10,12H,4-8H2,1-3H3,(H,20,22). The topological polar surface area (TPSA) is 73.2 Å². The minimum Gasteiger partial charge on any atom is -0.462 e. The van der Waals surface area contributed by atoms with Crippen LogP contribution in [-0.2, 0) is 22.4 Å². The van der Waals surface area contributed by atoms with Gasteiger partial charge in [-0.05, 0) is 57.6 Å². The normalized spacial score (nSPS) is 14.7. The van der Waals surface area contributed by atoms with Crippen LogP contribution in [0.5, 0.6) is 0 Å². The van der Waals surface area contributed by atoms with Crippen LogP contribution < -0.4 is 5.32 Å². The number of amides is 1. The summed E-state index contributed by atoms with van der Waals surface area (Å²) in [6, 6.07) is -0.456. The lowest BCUT2D eigenvalue weighted by Crippen LogP contribution is -2.24. The van der Waals surface area contributed by atoms with E-state index < -0.39 is 6.04 Å². The molecule has 1 unspecified atom stereocenters. The number of fused-ring (bicyclic) bond motifs is 1. The summed E-state index contributed by atoms with van der Waals surface area (Å²) in [6.45, 7) is 5.83. The minimum absolute atomic E-state index is 0.188. The van der Waals surface area contributed by atoms with Crippen LogP contribution in [-0.4, -0.2) is 28.3 Å². The van der Waals surface area contributed by atoms with Crippen LogP contribution in [0.15, 0.2) is 12.4 Å². The summed E-state index contributed by atoms with van der Waals surface area (Å²) in [4.78, 5) is 26.3. The molecule has 1 aliphatic rings. The van der Waals surface area contributed by atoms with Gasteiger partial charge in [-0.15, -0.1) is 11.3 Å². The molecule has 0 aromatic carbocycles. The van der Waals surface area contributed by atoms with Gasteiger partial charge in [0.2, 0.25) is 5.91 Å². The second-order valence-electron chi connectivity index (χ2n) is 6.30. The third-order valence-electron chi connectivity index (χ3n) is 4.39. The fourth-order valence-corrected chi connectivity index (χ4v) is 4.33. The fraction of sp³-hybridized carbons (Fsp3) is 0.500. The first-order valence-corrected chi connectivity index (χ1v) is 9.46. The number of aryl methyl sites for hydroxylation is 2. The number of ether oxygens (including phenoxy) is 1. The highest BCUT2D eigenvalue weighted by molar-refractivity contribution is 7.17. The molecular weight excluding hydrogens is 338 g/mol. The minimum atomic E-state index is -0.456. The summed E-state index contributed by atoms with van der Waals surface area (Å²) in [7, 11) is 0. The predicted octanol–water partition coefficient (Wildman–Crippen LogP) is 3.51. The molecule has 0 fully saturated rings. The van der Waals surface area contributed by atoms with E-state index in [1.165, 1.54) is 16.2 Å². The number of carbonyl (C=O) groups is 2. The number of rotatable bonds is 5. The van der Waals surface area contributed by atoms with Gasteiger partial charge in [0.15, 0.2) is 0 Å². The van der Waals surface area contributed by atoms with Crippen LogP contribution in [0, 0.1) is 6.92 Å². The highest BCUT2D eigenvalue weighted by atomic mass is 32.1. The van der Waals surface area contributed by atoms with Crippen molar-refractivity contribution >= 4 is 28.2 Å². The molecule has 0 radical (unpaired) electrons. The number of aromatic nitrogens is 2. The van der Waals surface area contributed by atoms with Crippen LogP contribution >= 0.6 is 11.3 Å². The summed E-state index contributed by atoms with van der Waals surface area (Å²) in [5, 5.41) is 7.73. The lowest BCUT2D eigenvalue weighted by Gasteiger charge is -2.14. The molecular formula is C18H23N3O3S. The Balaban J connectivity index is 1.87. The molecule has 0 saturated carbocycles. The number of thiophene rings is 1. The molecule has 1 amide bonds. The van der Waals surface area contributed by atoms with Crippen LogP contribution in [0.2, 0.25) is 0 Å². The van der Waals surface area contributed by atoms with E-state index in [0.29, 0.717) is 17.2 Å². The number of hydrogen-bond acceptors (Lipinski definition) is 5. The Labute approximate surface area is 151 Å². The van der Waals surface area contributed by atoms with Gasteiger partial charge in [0.25, 0.3) is 0 Å². The number of nitrogens with one attached hydrogen (secondary N) is 1. The van der Waals surface area contributed by atoms with Gasteiger partial charge in [-0.25, -0.2) is 4.79 Å². The van der Waals surface area contributed by atoms with Crippen molar-refractivity contribution in [1.82, 2.24) is 9.78 Å². The maximum atomic E-state index is 12.7. The molecule has 6 nitrogen and oxygen atoms in total. The van der Waals surface area contributed by atoms with Gasteiger partial charge < -0.3 is 10.1 Å². The molecule has 2 heterocycles. The van der Waals surface area contributed by atoms with Gasteiger partial charge in [0.1, 0.15) is 11.0 Å². The van der Waals surface area contributed by atoms with E-state index >= 15 is 0 Å². The lowest BCUT2D eigenvalue weighted by atomic mass is 9.95. The molecule has 1 atom stereocenters. The van der Waals surface area contributed by atoms with Crippen molar-refractivity contribution in [3.8, 4) is 0 Å². The maximum absolute atomic E-state index is 12.7. The largest absolute Gasteiger partial charge is 0.462 e. The molecule has 0 spiro atoms. The predicted molar refractivity (Wildman–Crippen MR) is 97.2 cm³/mol. The van der Waals surface area contributed by atoms with Crippen molar-refractivity contribution in [2.24, 2.45) is 0 Å². The van der Waals surface area contributed by atoms with Gasteiger partial charge in [0.05, 0.1) is 18.4 Å². The van der Waals surface area contributed by atoms with E-state index in [2.05, 4.69) is 10.4 Å². The van der Waals surface area contributed by atoms with E-state index in [4.69, 9.17) is 4.74 Å². The zero-order chi connectivity index (χ0) is 18.0. The number of esters is 1. The second-order valence-corrected chi connectivity index (χ2v) is 7.40. The lowest BCUT2D eigenvalue weighted by molar-refractivity contribution is -0.119. The molecule has 3 rings (SSSR count). The molecule has 2 aromatic heterocycles. The van der Waals surface area contributed by atoms with Crippen molar-refractivity contribution in [2.45, 2.75) is 52.5 Å². The Morgan fingerprint density at radius 1 is 1.40 bits per heavy atom. The first-order valence-electron chi connectivity index (χ1n) is 8.64. The smallest absolute Gasteiger partial charge is 0.341 e. The molecule has 7 heteroatoms. The average Bonchev–Trinajstić information content (AvgIpc) is 3.17. The molecule has 2 aromatic rings. The van der Waals surface area contributed by atoms with Crippen molar-refractivity contribution in [3.05, 3.63) is 34.0 Å². The number of carbonyl (C=O) groups excluding carboxylic acids is 2. The second kappa shape index (κ2) is 7.39. The Morgan fingerprint density at radius 3 is 2.84 bits per heavy atom. The van der Waals surface area contributed by atoms with Crippen LogP contribution in [0.1, 0.15) is 59.1 Å². The quantitative estimate of drug-likeness (QED) is 0.827. The highest BCUT2D eigenvalue weighted by Gasteiger charge is 2.28. The van der Waals surface area contributed by atoms with E-state index in [-0.39, 0.29) is 11.9 Å². The summed E-state index contributed by atoms with van der Waals surface area (Å²) < 4.78 is 6.85. The van der Waals surface area contributed by atoms with E-state index in [1.54, 1.807) is 24.7 Å². The molecule has 1 N–H and O–H groups in total. The van der Waals surface area contributed by atoms with Crippen LogP contribution in [0.3, 0.4) is 0 Å². The maximum Gasteiger partial charge on any atom is 0.341 e. The van der Waals surface area contributed by atoms with Gasteiger partial charge in [0, 0.05) is 11.1 Å². The molecule has 0 aliphatic heterocycles. The SMILES string of the molecule is CCOC(=O)c1c(NC(=O)C(C)n2cc(C)cn2)sc2c1CCCC2. The summed E-state index contributed by atoms with van der Waals surface area (Å²) in [5.74, 6) is -0.535. The van der Waals surface area contributed by atoms with E-state index in [1.807, 2.05) is 13.1 Å². The molecule has 1 aliphatic carbocycles. The van der Waals surface area contributed by atoms with Crippen molar-refractivity contribution in [3.63, 3.8) is 0 Å². The van der Waals surface area contributed by atoms with Crippen LogP contribution in [0.25, 0.3) is 0 Å². The summed E-state index contributed by atoms with van der Waals surface area (Å²) >= 11 is 1.50. The number of hydrogen-bond donors (Lipinski definition) is 1. The first-order chi connectivity index (χ1) is 12.0. The molecule has 25 heavy (non-hydrogen) atoms. The van der Waals surface area contributed by atoms with E-state index in [9.17, 15) is 9.59 Å². The molecule has 0 bridgehead atoms. The van der Waals surface area contributed by atoms with Crippen molar-refractivity contribution in [1.29, 1.82) is 0 Å². The fourth-order valence-electron chi connectivity index (χ4n) is 3.05. The number of anilines is 1. The Hall–Kier alpha value is -2.15. The molecule has 0 saturated heterocycles. The van der Waals surface area contributed by atoms with Gasteiger partial charge in [-0.2, -0.15) is 5.10 Å². The number of nitrogens with zero attached hydrogens (tertiary/aromatic N) is 2. The van der Waals surface area contributed by atoms with Crippen molar-refractivity contribution < 1.29 is 14.3 Å². The Kier molecular flexibility index (Phi) is 5.22.